The van der Waals surface area contributed by atoms with Crippen molar-refractivity contribution < 1.29 is 19.0 Å². The van der Waals surface area contributed by atoms with E-state index in [1.807, 2.05) is 0 Å². The SMILES string of the molecule is COc1cc2oc(=O)cc(CO)c2cc1OC. The second kappa shape index (κ2) is 4.47. The number of hydrogen-bond acceptors (Lipinski definition) is 5. The molecular weight excluding hydrogens is 224 g/mol. The van der Waals surface area contributed by atoms with E-state index in [4.69, 9.17) is 13.9 Å². The fourth-order valence-electron chi connectivity index (χ4n) is 1.68. The average Bonchev–Trinajstić information content (AvgIpc) is 2.35. The molecule has 1 N–H and O–H groups in total. The molecule has 0 bridgehead atoms. The smallest absolute Gasteiger partial charge is 0.336 e. The van der Waals surface area contributed by atoms with Crippen molar-refractivity contribution in [1.29, 1.82) is 0 Å². The van der Waals surface area contributed by atoms with Crippen LogP contribution < -0.4 is 15.1 Å². The molecule has 1 heterocycles. The molecule has 0 spiro atoms. The van der Waals surface area contributed by atoms with Gasteiger partial charge in [0.1, 0.15) is 5.58 Å². The van der Waals surface area contributed by atoms with Crippen LogP contribution in [0.1, 0.15) is 5.56 Å². The molecule has 5 heteroatoms. The highest BCUT2D eigenvalue weighted by Crippen LogP contribution is 2.32. The van der Waals surface area contributed by atoms with Crippen LogP contribution in [0.5, 0.6) is 11.5 Å². The van der Waals surface area contributed by atoms with Crippen molar-refractivity contribution in [2.24, 2.45) is 0 Å². The first-order chi connectivity index (χ1) is 8.19. The lowest BCUT2D eigenvalue weighted by molar-refractivity contribution is 0.282. The zero-order valence-corrected chi connectivity index (χ0v) is 9.52. The number of rotatable bonds is 3. The van der Waals surface area contributed by atoms with Gasteiger partial charge in [-0.25, -0.2) is 4.79 Å². The predicted molar refractivity (Wildman–Crippen MR) is 61.5 cm³/mol. The van der Waals surface area contributed by atoms with Gasteiger partial charge in [-0.3, -0.25) is 0 Å². The summed E-state index contributed by atoms with van der Waals surface area (Å²) in [6.45, 7) is -0.239. The zero-order chi connectivity index (χ0) is 12.4. The van der Waals surface area contributed by atoms with Crippen LogP contribution in [-0.4, -0.2) is 19.3 Å². The highest BCUT2D eigenvalue weighted by atomic mass is 16.5. The molecule has 0 saturated heterocycles. The maximum Gasteiger partial charge on any atom is 0.336 e. The largest absolute Gasteiger partial charge is 0.493 e. The van der Waals surface area contributed by atoms with Gasteiger partial charge < -0.3 is 19.0 Å². The molecule has 17 heavy (non-hydrogen) atoms. The normalized spacial score (nSPS) is 10.5. The molecule has 0 fully saturated rings. The Balaban J connectivity index is 2.82. The van der Waals surface area contributed by atoms with Crippen molar-refractivity contribution in [2.45, 2.75) is 6.61 Å². The second-order valence-electron chi connectivity index (χ2n) is 3.45. The van der Waals surface area contributed by atoms with Gasteiger partial charge in [-0.2, -0.15) is 0 Å². The van der Waals surface area contributed by atoms with Crippen molar-refractivity contribution in [3.05, 3.63) is 34.2 Å². The first-order valence-corrected chi connectivity index (χ1v) is 4.99. The van der Waals surface area contributed by atoms with E-state index < -0.39 is 5.63 Å². The summed E-state index contributed by atoms with van der Waals surface area (Å²) < 4.78 is 15.3. The van der Waals surface area contributed by atoms with Gasteiger partial charge in [0.15, 0.2) is 11.5 Å². The van der Waals surface area contributed by atoms with Crippen molar-refractivity contribution in [3.8, 4) is 11.5 Å². The van der Waals surface area contributed by atoms with E-state index in [9.17, 15) is 9.90 Å². The number of aliphatic hydroxyl groups is 1. The molecule has 0 amide bonds. The quantitative estimate of drug-likeness (QED) is 0.813. The Morgan fingerprint density at radius 1 is 1.18 bits per heavy atom. The van der Waals surface area contributed by atoms with E-state index in [2.05, 4.69) is 0 Å². The van der Waals surface area contributed by atoms with Crippen LogP contribution in [0.15, 0.2) is 27.4 Å². The summed E-state index contributed by atoms with van der Waals surface area (Å²) in [6, 6.07) is 4.49. The predicted octanol–water partition coefficient (Wildman–Crippen LogP) is 1.30. The molecule has 0 aliphatic carbocycles. The van der Waals surface area contributed by atoms with E-state index in [0.717, 1.165) is 0 Å². The molecule has 0 unspecified atom stereocenters. The van der Waals surface area contributed by atoms with Gasteiger partial charge in [0.25, 0.3) is 0 Å². The maximum atomic E-state index is 11.3. The number of ether oxygens (including phenoxy) is 2. The topological polar surface area (TPSA) is 68.9 Å². The molecule has 0 saturated carbocycles. The van der Waals surface area contributed by atoms with Crippen molar-refractivity contribution in [2.75, 3.05) is 14.2 Å². The first kappa shape index (κ1) is 11.5. The molecule has 0 radical (unpaired) electrons. The fraction of sp³-hybridized carbons (Fsp3) is 0.250. The monoisotopic (exact) mass is 236 g/mol. The van der Waals surface area contributed by atoms with E-state index in [0.29, 0.717) is 28.0 Å². The van der Waals surface area contributed by atoms with Gasteiger partial charge in [-0.15, -0.1) is 0 Å². The number of hydrogen-bond donors (Lipinski definition) is 1. The van der Waals surface area contributed by atoms with E-state index in [-0.39, 0.29) is 6.61 Å². The molecule has 1 aromatic heterocycles. The van der Waals surface area contributed by atoms with E-state index in [1.54, 1.807) is 12.1 Å². The number of benzene rings is 1. The molecule has 2 rings (SSSR count). The van der Waals surface area contributed by atoms with Gasteiger partial charge in [0, 0.05) is 17.5 Å². The third kappa shape index (κ3) is 1.97. The van der Waals surface area contributed by atoms with Gasteiger partial charge in [0.2, 0.25) is 0 Å². The minimum Gasteiger partial charge on any atom is -0.493 e. The summed E-state index contributed by atoms with van der Waals surface area (Å²) in [6.07, 6.45) is 0. The van der Waals surface area contributed by atoms with E-state index in [1.165, 1.54) is 20.3 Å². The summed E-state index contributed by atoms with van der Waals surface area (Å²) >= 11 is 0. The van der Waals surface area contributed by atoms with Crippen LogP contribution in [0.2, 0.25) is 0 Å². The molecule has 90 valence electrons. The second-order valence-corrected chi connectivity index (χ2v) is 3.45. The summed E-state index contributed by atoms with van der Waals surface area (Å²) in [5.41, 5.74) is 0.352. The fourth-order valence-corrected chi connectivity index (χ4v) is 1.68. The number of methoxy groups -OCH3 is 2. The van der Waals surface area contributed by atoms with Crippen molar-refractivity contribution in [1.82, 2.24) is 0 Å². The van der Waals surface area contributed by atoms with E-state index >= 15 is 0 Å². The molecule has 0 aliphatic rings. The lowest BCUT2D eigenvalue weighted by atomic mass is 10.1. The Kier molecular flexibility index (Phi) is 3.01. The van der Waals surface area contributed by atoms with Crippen LogP contribution in [0.3, 0.4) is 0 Å². The van der Waals surface area contributed by atoms with Gasteiger partial charge in [-0.05, 0) is 11.6 Å². The lowest BCUT2D eigenvalue weighted by Crippen LogP contribution is -2.01. The third-order valence-electron chi connectivity index (χ3n) is 2.50. The molecule has 5 nitrogen and oxygen atoms in total. The Hall–Kier alpha value is -2.01. The minimum absolute atomic E-state index is 0.239. The van der Waals surface area contributed by atoms with Crippen molar-refractivity contribution >= 4 is 11.0 Å². The Morgan fingerprint density at radius 3 is 2.41 bits per heavy atom. The number of fused-ring (bicyclic) bond motifs is 1. The summed E-state index contributed by atoms with van der Waals surface area (Å²) in [5, 5.41) is 9.83. The standard InChI is InChI=1S/C12H12O5/c1-15-10-4-8-7(6-13)3-12(14)17-9(8)5-11(10)16-2/h3-5,13H,6H2,1-2H3. The minimum atomic E-state index is -0.506. The summed E-state index contributed by atoms with van der Waals surface area (Å²) in [7, 11) is 3.01. The van der Waals surface area contributed by atoms with Gasteiger partial charge in [-0.1, -0.05) is 0 Å². The zero-order valence-electron chi connectivity index (χ0n) is 9.52. The summed E-state index contributed by atoms with van der Waals surface area (Å²) in [4.78, 5) is 11.3. The Labute approximate surface area is 97.2 Å². The van der Waals surface area contributed by atoms with Crippen LogP contribution >= 0.6 is 0 Å². The maximum absolute atomic E-state index is 11.3. The van der Waals surface area contributed by atoms with Crippen LogP contribution in [-0.2, 0) is 6.61 Å². The van der Waals surface area contributed by atoms with Crippen molar-refractivity contribution in [3.63, 3.8) is 0 Å². The number of aliphatic hydroxyl groups excluding tert-OH is 1. The average molecular weight is 236 g/mol. The Bertz CT molecular complexity index is 600. The summed E-state index contributed by atoms with van der Waals surface area (Å²) in [5.74, 6) is 0.988. The highest BCUT2D eigenvalue weighted by Gasteiger charge is 2.11. The molecule has 0 aliphatic heterocycles. The van der Waals surface area contributed by atoms with Crippen LogP contribution in [0.25, 0.3) is 11.0 Å². The van der Waals surface area contributed by atoms with Gasteiger partial charge >= 0.3 is 5.63 Å². The highest BCUT2D eigenvalue weighted by molar-refractivity contribution is 5.83. The molecule has 0 atom stereocenters. The Morgan fingerprint density at radius 2 is 1.82 bits per heavy atom. The van der Waals surface area contributed by atoms with Crippen LogP contribution in [0.4, 0.5) is 0 Å². The molecule has 1 aromatic carbocycles. The van der Waals surface area contributed by atoms with Crippen LogP contribution in [0, 0.1) is 0 Å². The molecule has 2 aromatic rings. The lowest BCUT2D eigenvalue weighted by Gasteiger charge is -2.09. The van der Waals surface area contributed by atoms with Gasteiger partial charge in [0.05, 0.1) is 20.8 Å². The first-order valence-electron chi connectivity index (χ1n) is 4.99. The third-order valence-corrected chi connectivity index (χ3v) is 2.50. The molecular formula is C12H12O5.